The summed E-state index contributed by atoms with van der Waals surface area (Å²) in [5.74, 6) is 0.836. The van der Waals surface area contributed by atoms with Crippen LogP contribution in [-0.2, 0) is 0 Å². The number of hydrogen-bond donors (Lipinski definition) is 0. The Kier molecular flexibility index (Phi) is 5.74. The van der Waals surface area contributed by atoms with Crippen LogP contribution in [0.3, 0.4) is 0 Å². The molecular formula is C24H22ClN3S. The lowest BCUT2D eigenvalue weighted by molar-refractivity contribution is 0.877. The second-order valence-corrected chi connectivity index (χ2v) is 8.77. The molecular weight excluding hydrogens is 398 g/mol. The van der Waals surface area contributed by atoms with Crippen LogP contribution in [0.25, 0.3) is 17.1 Å². The third-order valence-electron chi connectivity index (χ3n) is 5.04. The van der Waals surface area contributed by atoms with Crippen LogP contribution in [0.1, 0.15) is 28.9 Å². The topological polar surface area (TPSA) is 30.7 Å². The number of rotatable bonds is 5. The summed E-state index contributed by atoms with van der Waals surface area (Å²) in [7, 11) is 0. The molecule has 0 aliphatic carbocycles. The molecule has 0 N–H and O–H groups in total. The van der Waals surface area contributed by atoms with Gasteiger partial charge in [-0.05, 0) is 55.7 Å². The van der Waals surface area contributed by atoms with Gasteiger partial charge in [0.05, 0.1) is 5.69 Å². The fraction of sp³-hybridized carbons (Fsp3) is 0.167. The molecule has 0 spiro atoms. The summed E-state index contributed by atoms with van der Waals surface area (Å²) < 4.78 is 2.14. The molecule has 4 aromatic rings. The van der Waals surface area contributed by atoms with Gasteiger partial charge in [-0.15, -0.1) is 10.2 Å². The molecule has 3 nitrogen and oxygen atoms in total. The molecule has 29 heavy (non-hydrogen) atoms. The van der Waals surface area contributed by atoms with E-state index in [2.05, 4.69) is 71.9 Å². The average Bonchev–Trinajstić information content (AvgIpc) is 3.14. The van der Waals surface area contributed by atoms with E-state index in [9.17, 15) is 0 Å². The normalized spacial score (nSPS) is 12.1. The number of nitrogens with zero attached hydrogens (tertiary/aromatic N) is 3. The molecule has 0 aliphatic heterocycles. The zero-order chi connectivity index (χ0) is 20.4. The van der Waals surface area contributed by atoms with Crippen molar-refractivity contribution in [3.8, 4) is 17.1 Å². The Morgan fingerprint density at radius 1 is 0.862 bits per heavy atom. The summed E-state index contributed by atoms with van der Waals surface area (Å²) in [5.41, 5.74) is 5.70. The van der Waals surface area contributed by atoms with E-state index >= 15 is 0 Å². The molecule has 0 saturated carbocycles. The van der Waals surface area contributed by atoms with Crippen LogP contribution in [0.15, 0.2) is 78.0 Å². The Labute approximate surface area is 180 Å². The van der Waals surface area contributed by atoms with E-state index in [-0.39, 0.29) is 5.25 Å². The number of benzene rings is 3. The molecule has 1 aromatic heterocycles. The maximum Gasteiger partial charge on any atom is 0.196 e. The Bertz CT molecular complexity index is 1140. The minimum atomic E-state index is 0.141. The maximum atomic E-state index is 6.43. The van der Waals surface area contributed by atoms with Crippen molar-refractivity contribution < 1.29 is 0 Å². The van der Waals surface area contributed by atoms with Crippen molar-refractivity contribution in [2.24, 2.45) is 0 Å². The van der Waals surface area contributed by atoms with Gasteiger partial charge in [0, 0.05) is 15.8 Å². The highest BCUT2D eigenvalue weighted by atomic mass is 35.5. The first-order valence-corrected chi connectivity index (χ1v) is 10.8. The maximum absolute atomic E-state index is 6.43. The van der Waals surface area contributed by atoms with Crippen LogP contribution >= 0.6 is 23.4 Å². The second-order valence-electron chi connectivity index (χ2n) is 7.06. The van der Waals surface area contributed by atoms with Crippen LogP contribution in [0.4, 0.5) is 0 Å². The SMILES string of the molecule is Cc1ccc(-n2c(S[C@H](C)c3ccccc3Cl)nnc2-c2ccccc2)cc1C. The van der Waals surface area contributed by atoms with Crippen molar-refractivity contribution in [3.05, 3.63) is 94.5 Å². The van der Waals surface area contributed by atoms with E-state index in [1.54, 1.807) is 11.8 Å². The first-order chi connectivity index (χ1) is 14.0. The molecule has 5 heteroatoms. The molecule has 1 atom stereocenters. The predicted molar refractivity (Wildman–Crippen MR) is 122 cm³/mol. The third kappa shape index (κ3) is 4.09. The van der Waals surface area contributed by atoms with Crippen LogP contribution in [-0.4, -0.2) is 14.8 Å². The van der Waals surface area contributed by atoms with Crippen molar-refractivity contribution in [1.82, 2.24) is 14.8 Å². The van der Waals surface area contributed by atoms with Gasteiger partial charge in [0.1, 0.15) is 0 Å². The highest BCUT2D eigenvalue weighted by molar-refractivity contribution is 7.99. The number of hydrogen-bond acceptors (Lipinski definition) is 3. The Balaban J connectivity index is 1.81. The minimum Gasteiger partial charge on any atom is -0.270 e. The number of halogens is 1. The molecule has 0 aliphatic rings. The Morgan fingerprint density at radius 3 is 2.31 bits per heavy atom. The van der Waals surface area contributed by atoms with Crippen LogP contribution in [0, 0.1) is 13.8 Å². The molecule has 1 heterocycles. The van der Waals surface area contributed by atoms with E-state index in [4.69, 9.17) is 11.6 Å². The number of thioether (sulfide) groups is 1. The number of aromatic nitrogens is 3. The fourth-order valence-corrected chi connectivity index (χ4v) is 4.64. The summed E-state index contributed by atoms with van der Waals surface area (Å²) in [6.45, 7) is 6.40. The van der Waals surface area contributed by atoms with Gasteiger partial charge in [0.25, 0.3) is 0 Å². The summed E-state index contributed by atoms with van der Waals surface area (Å²) in [6, 6.07) is 24.6. The Morgan fingerprint density at radius 2 is 1.59 bits per heavy atom. The van der Waals surface area contributed by atoms with Crippen molar-refractivity contribution in [3.63, 3.8) is 0 Å². The summed E-state index contributed by atoms with van der Waals surface area (Å²) >= 11 is 8.09. The molecule has 4 rings (SSSR count). The van der Waals surface area contributed by atoms with Gasteiger partial charge >= 0.3 is 0 Å². The van der Waals surface area contributed by atoms with Gasteiger partial charge < -0.3 is 0 Å². The van der Waals surface area contributed by atoms with E-state index in [1.165, 1.54) is 11.1 Å². The second kappa shape index (κ2) is 8.44. The lowest BCUT2D eigenvalue weighted by atomic mass is 10.1. The highest BCUT2D eigenvalue weighted by Crippen LogP contribution is 2.39. The monoisotopic (exact) mass is 419 g/mol. The summed E-state index contributed by atoms with van der Waals surface area (Å²) in [4.78, 5) is 0. The van der Waals surface area contributed by atoms with Crippen molar-refractivity contribution in [1.29, 1.82) is 0 Å². The quantitative estimate of drug-likeness (QED) is 0.324. The van der Waals surface area contributed by atoms with Gasteiger partial charge in [-0.3, -0.25) is 4.57 Å². The zero-order valence-electron chi connectivity index (χ0n) is 16.6. The smallest absolute Gasteiger partial charge is 0.196 e. The largest absolute Gasteiger partial charge is 0.270 e. The average molecular weight is 420 g/mol. The molecule has 146 valence electrons. The van der Waals surface area contributed by atoms with Crippen LogP contribution in [0.2, 0.25) is 5.02 Å². The zero-order valence-corrected chi connectivity index (χ0v) is 18.2. The van der Waals surface area contributed by atoms with Gasteiger partial charge in [-0.1, -0.05) is 78.0 Å². The van der Waals surface area contributed by atoms with E-state index in [0.717, 1.165) is 32.8 Å². The van der Waals surface area contributed by atoms with Crippen molar-refractivity contribution >= 4 is 23.4 Å². The van der Waals surface area contributed by atoms with E-state index < -0.39 is 0 Å². The molecule has 0 unspecified atom stereocenters. The lowest BCUT2D eigenvalue weighted by Crippen LogP contribution is -2.02. The first kappa shape index (κ1) is 19.7. The van der Waals surface area contributed by atoms with Gasteiger partial charge in [-0.25, -0.2) is 0 Å². The molecule has 0 amide bonds. The van der Waals surface area contributed by atoms with Crippen LogP contribution in [0.5, 0.6) is 0 Å². The third-order valence-corrected chi connectivity index (χ3v) is 6.47. The van der Waals surface area contributed by atoms with Crippen molar-refractivity contribution in [2.75, 3.05) is 0 Å². The Hall–Kier alpha value is -2.56. The van der Waals surface area contributed by atoms with E-state index in [0.29, 0.717) is 0 Å². The predicted octanol–water partition coefficient (Wildman–Crippen LogP) is 7.06. The fourth-order valence-electron chi connectivity index (χ4n) is 3.24. The van der Waals surface area contributed by atoms with Gasteiger partial charge in [-0.2, -0.15) is 0 Å². The molecule has 3 aromatic carbocycles. The molecule has 0 radical (unpaired) electrons. The molecule has 0 bridgehead atoms. The first-order valence-electron chi connectivity index (χ1n) is 9.54. The minimum absolute atomic E-state index is 0.141. The van der Waals surface area contributed by atoms with Crippen molar-refractivity contribution in [2.45, 2.75) is 31.2 Å². The summed E-state index contributed by atoms with van der Waals surface area (Å²) in [6.07, 6.45) is 0. The number of aryl methyl sites for hydroxylation is 2. The van der Waals surface area contributed by atoms with Gasteiger partial charge in [0.2, 0.25) is 0 Å². The van der Waals surface area contributed by atoms with Gasteiger partial charge in [0.15, 0.2) is 11.0 Å². The standard InChI is InChI=1S/C24H22ClN3S/c1-16-13-14-20(15-17(16)2)28-23(19-9-5-4-6-10-19)26-27-24(28)29-18(3)21-11-7-8-12-22(21)25/h4-15,18H,1-3H3/t18-/m1/s1. The molecule has 0 fully saturated rings. The molecule has 0 saturated heterocycles. The van der Waals surface area contributed by atoms with Crippen LogP contribution < -0.4 is 0 Å². The lowest BCUT2D eigenvalue weighted by Gasteiger charge is -2.16. The highest BCUT2D eigenvalue weighted by Gasteiger charge is 2.20. The van der Waals surface area contributed by atoms with E-state index in [1.807, 2.05) is 36.4 Å². The summed E-state index contributed by atoms with van der Waals surface area (Å²) in [5, 5.41) is 10.9.